The van der Waals surface area contributed by atoms with Crippen LogP contribution in [0.3, 0.4) is 0 Å². The fraction of sp³-hybridized carbons (Fsp3) is 0.848. The Kier molecular flexibility index (Phi) is 6.98. The van der Waals surface area contributed by atoms with E-state index in [0.29, 0.717) is 28.6 Å². The number of fused-ring (bicyclic) bond motifs is 5. The summed E-state index contributed by atoms with van der Waals surface area (Å²) in [6, 6.07) is 0. The average molecular weight is 483 g/mol. The van der Waals surface area contributed by atoms with Crippen LogP contribution in [0, 0.1) is 51.2 Å². The molecule has 0 N–H and O–H groups in total. The Labute approximate surface area is 216 Å². The molecule has 0 radical (unpaired) electrons. The zero-order valence-electron chi connectivity index (χ0n) is 24.4. The Morgan fingerprint density at radius 2 is 1.71 bits per heavy atom. The van der Waals surface area contributed by atoms with E-state index in [1.54, 1.807) is 12.5 Å². The maximum Gasteiger partial charge on any atom is 0.302 e. The Bertz CT molecular complexity index is 880. The smallest absolute Gasteiger partial charge is 0.302 e. The highest BCUT2D eigenvalue weighted by molar-refractivity contribution is 5.66. The summed E-state index contributed by atoms with van der Waals surface area (Å²) in [5, 5.41) is 0. The fourth-order valence-corrected chi connectivity index (χ4v) is 9.97. The first-order valence-corrected chi connectivity index (χ1v) is 14.7. The van der Waals surface area contributed by atoms with Gasteiger partial charge in [0.15, 0.2) is 0 Å². The summed E-state index contributed by atoms with van der Waals surface area (Å²) in [6.45, 7) is 25.7. The second-order valence-corrected chi connectivity index (χ2v) is 14.7. The van der Waals surface area contributed by atoms with Gasteiger partial charge in [-0.05, 0) is 104 Å². The Morgan fingerprint density at radius 1 is 1.03 bits per heavy atom. The molecule has 3 saturated carbocycles. The van der Waals surface area contributed by atoms with Crippen molar-refractivity contribution in [3.8, 4) is 0 Å². The summed E-state index contributed by atoms with van der Waals surface area (Å²) in [4.78, 5) is 11.8. The van der Waals surface area contributed by atoms with Gasteiger partial charge in [0.05, 0.1) is 0 Å². The molecule has 0 saturated heterocycles. The number of allylic oxidation sites excluding steroid dienone is 3. The van der Waals surface area contributed by atoms with Crippen LogP contribution in [0.1, 0.15) is 120 Å². The third-order valence-electron chi connectivity index (χ3n) is 12.5. The van der Waals surface area contributed by atoms with Crippen LogP contribution in [0.15, 0.2) is 23.8 Å². The van der Waals surface area contributed by atoms with Gasteiger partial charge in [0, 0.05) is 12.3 Å². The van der Waals surface area contributed by atoms with E-state index in [1.807, 2.05) is 0 Å². The zero-order chi connectivity index (χ0) is 26.0. The second kappa shape index (κ2) is 9.05. The summed E-state index contributed by atoms with van der Waals surface area (Å²) in [7, 11) is 0. The standard InChI is InChI=1S/C33H54O2/c1-21(2)22(3)11-12-23(4)25-15-19-33(10)27-13-14-28-30(6,7)29(35-24(5)34)17-18-31(28,8)26(27)16-20-32(25,33)9/h16,21,23,25,27-29H,3,11-15,17-20H2,1-2,4-10H3/t23?,25-,27?,28-,29?,31?,32?,33-/m0/s1. The van der Waals surface area contributed by atoms with Crippen LogP contribution in [-0.4, -0.2) is 12.1 Å². The molecule has 0 aromatic carbocycles. The molecule has 0 bridgehead atoms. The summed E-state index contributed by atoms with van der Waals surface area (Å²) < 4.78 is 5.87. The van der Waals surface area contributed by atoms with Crippen LogP contribution in [-0.2, 0) is 9.53 Å². The van der Waals surface area contributed by atoms with Crippen LogP contribution >= 0.6 is 0 Å². The third kappa shape index (κ3) is 4.08. The topological polar surface area (TPSA) is 26.3 Å². The number of rotatable bonds is 6. The molecule has 8 atom stereocenters. The molecular formula is C33H54O2. The number of ether oxygens (including phenoxy) is 1. The van der Waals surface area contributed by atoms with E-state index in [-0.39, 0.29) is 22.9 Å². The lowest BCUT2D eigenvalue weighted by Crippen LogP contribution is -2.58. The number of esters is 1. The predicted molar refractivity (Wildman–Crippen MR) is 147 cm³/mol. The molecule has 5 unspecified atom stereocenters. The Balaban J connectivity index is 1.59. The number of hydrogen-bond acceptors (Lipinski definition) is 2. The highest BCUT2D eigenvalue weighted by Crippen LogP contribution is 2.73. The van der Waals surface area contributed by atoms with Gasteiger partial charge in [-0.2, -0.15) is 0 Å². The summed E-state index contributed by atoms with van der Waals surface area (Å²) in [5.41, 5.74) is 4.27. The summed E-state index contributed by atoms with van der Waals surface area (Å²) >= 11 is 0. The maximum absolute atomic E-state index is 11.8. The lowest BCUT2D eigenvalue weighted by atomic mass is 9.41. The molecule has 4 aliphatic carbocycles. The van der Waals surface area contributed by atoms with E-state index in [2.05, 4.69) is 68.0 Å². The van der Waals surface area contributed by atoms with Crippen molar-refractivity contribution in [2.24, 2.45) is 51.2 Å². The summed E-state index contributed by atoms with van der Waals surface area (Å²) in [6.07, 6.45) is 14.0. The Morgan fingerprint density at radius 3 is 2.34 bits per heavy atom. The van der Waals surface area contributed by atoms with Crippen molar-refractivity contribution in [3.05, 3.63) is 23.8 Å². The molecule has 2 nitrogen and oxygen atoms in total. The predicted octanol–water partition coefficient (Wildman–Crippen LogP) is 9.15. The minimum Gasteiger partial charge on any atom is -0.462 e. The fourth-order valence-electron chi connectivity index (χ4n) is 9.97. The monoisotopic (exact) mass is 482 g/mol. The Hall–Kier alpha value is -1.05. The maximum atomic E-state index is 11.8. The first-order valence-electron chi connectivity index (χ1n) is 14.7. The van der Waals surface area contributed by atoms with Gasteiger partial charge in [0.1, 0.15) is 6.10 Å². The van der Waals surface area contributed by atoms with Gasteiger partial charge in [0.2, 0.25) is 0 Å². The average Bonchev–Trinajstić information content (AvgIpc) is 3.05. The normalized spacial score (nSPS) is 43.0. The first-order chi connectivity index (χ1) is 16.2. The number of carbonyl (C=O) groups is 1. The zero-order valence-corrected chi connectivity index (χ0v) is 24.4. The van der Waals surface area contributed by atoms with Crippen LogP contribution in [0.2, 0.25) is 0 Å². The van der Waals surface area contributed by atoms with Crippen LogP contribution in [0.4, 0.5) is 0 Å². The van der Waals surface area contributed by atoms with Gasteiger partial charge in [-0.3, -0.25) is 4.79 Å². The third-order valence-corrected chi connectivity index (χ3v) is 12.5. The minimum atomic E-state index is -0.122. The van der Waals surface area contributed by atoms with Crippen LogP contribution in [0.5, 0.6) is 0 Å². The molecule has 0 aromatic heterocycles. The molecule has 2 heteroatoms. The van der Waals surface area contributed by atoms with Crippen molar-refractivity contribution in [2.45, 2.75) is 126 Å². The molecule has 0 aliphatic heterocycles. The van der Waals surface area contributed by atoms with Crippen LogP contribution < -0.4 is 0 Å². The van der Waals surface area contributed by atoms with E-state index < -0.39 is 0 Å². The van der Waals surface area contributed by atoms with Gasteiger partial charge in [0.25, 0.3) is 0 Å². The molecule has 0 aromatic rings. The number of hydrogen-bond donors (Lipinski definition) is 0. The van der Waals surface area contributed by atoms with Gasteiger partial charge < -0.3 is 4.74 Å². The van der Waals surface area contributed by atoms with Gasteiger partial charge in [-0.15, -0.1) is 0 Å². The van der Waals surface area contributed by atoms with E-state index in [1.165, 1.54) is 50.5 Å². The van der Waals surface area contributed by atoms with Crippen LogP contribution in [0.25, 0.3) is 0 Å². The molecule has 3 fully saturated rings. The van der Waals surface area contributed by atoms with Crippen molar-refractivity contribution >= 4 is 5.97 Å². The molecule has 0 heterocycles. The van der Waals surface area contributed by atoms with E-state index in [4.69, 9.17) is 4.74 Å². The lowest BCUT2D eigenvalue weighted by molar-refractivity contribution is -0.170. The minimum absolute atomic E-state index is 0.0255. The van der Waals surface area contributed by atoms with Crippen molar-refractivity contribution < 1.29 is 9.53 Å². The molecule has 198 valence electrons. The molecule has 0 amide bonds. The van der Waals surface area contributed by atoms with E-state index in [9.17, 15) is 4.79 Å². The summed E-state index contributed by atoms with van der Waals surface area (Å²) in [5.74, 6) is 3.35. The van der Waals surface area contributed by atoms with E-state index in [0.717, 1.165) is 24.7 Å². The molecule has 4 aliphatic rings. The van der Waals surface area contributed by atoms with Crippen molar-refractivity contribution in [2.75, 3.05) is 0 Å². The highest BCUT2D eigenvalue weighted by atomic mass is 16.5. The van der Waals surface area contributed by atoms with Crippen molar-refractivity contribution in [1.29, 1.82) is 0 Å². The van der Waals surface area contributed by atoms with Gasteiger partial charge in [-0.25, -0.2) is 0 Å². The quantitative estimate of drug-likeness (QED) is 0.279. The van der Waals surface area contributed by atoms with Gasteiger partial charge in [-0.1, -0.05) is 79.2 Å². The molecule has 35 heavy (non-hydrogen) atoms. The van der Waals surface area contributed by atoms with E-state index >= 15 is 0 Å². The molecular weight excluding hydrogens is 428 g/mol. The number of carbonyl (C=O) groups excluding carboxylic acids is 1. The van der Waals surface area contributed by atoms with Crippen molar-refractivity contribution in [1.82, 2.24) is 0 Å². The van der Waals surface area contributed by atoms with Gasteiger partial charge >= 0.3 is 5.97 Å². The van der Waals surface area contributed by atoms with Crippen molar-refractivity contribution in [3.63, 3.8) is 0 Å². The largest absolute Gasteiger partial charge is 0.462 e. The first kappa shape index (κ1) is 27.0. The SMILES string of the molecule is C=C(CCC(C)[C@@H]1CC[C@@]2(C)C3CC[C@@H]4C(C)(CCC(OC(C)=O)C4(C)C)C3=CCC12C)C(C)C. The molecule has 4 rings (SSSR count). The molecule has 0 spiro atoms. The highest BCUT2D eigenvalue weighted by Gasteiger charge is 2.65. The lowest BCUT2D eigenvalue weighted by Gasteiger charge is -2.64. The second-order valence-electron chi connectivity index (χ2n) is 14.7.